The molecule has 0 amide bonds. The van der Waals surface area contributed by atoms with E-state index in [0.29, 0.717) is 0 Å². The smallest absolute Gasteiger partial charge is 0.136 e. The lowest BCUT2D eigenvalue weighted by Gasteiger charge is -2.46. The molecular formula is C15H36N2+2. The van der Waals surface area contributed by atoms with Crippen molar-refractivity contribution in [2.24, 2.45) is 0 Å². The first kappa shape index (κ1) is 16.9. The maximum Gasteiger partial charge on any atom is 0.136 e. The molecule has 0 aromatic carbocycles. The van der Waals surface area contributed by atoms with E-state index in [2.05, 4.69) is 48.5 Å². The van der Waals surface area contributed by atoms with Crippen molar-refractivity contribution >= 4 is 0 Å². The molecule has 0 N–H and O–H groups in total. The van der Waals surface area contributed by atoms with Gasteiger partial charge in [-0.15, -0.1) is 0 Å². The third kappa shape index (κ3) is 3.69. The summed E-state index contributed by atoms with van der Waals surface area (Å²) >= 11 is 0. The summed E-state index contributed by atoms with van der Waals surface area (Å²) in [5, 5.41) is 0. The zero-order valence-corrected chi connectivity index (χ0v) is 13.4. The van der Waals surface area contributed by atoms with Gasteiger partial charge >= 0.3 is 0 Å². The molecule has 17 heavy (non-hydrogen) atoms. The van der Waals surface area contributed by atoms with Gasteiger partial charge in [0, 0.05) is 0 Å². The number of rotatable bonds is 9. The Bertz CT molecular complexity index is 177. The highest BCUT2D eigenvalue weighted by Crippen LogP contribution is 2.18. The van der Waals surface area contributed by atoms with Crippen LogP contribution in [0.3, 0.4) is 0 Å². The average molecular weight is 244 g/mol. The lowest BCUT2D eigenvalue weighted by molar-refractivity contribution is -0.993. The molecule has 0 aromatic rings. The zero-order chi connectivity index (χ0) is 13.5. The Balaban J connectivity index is 4.85. The van der Waals surface area contributed by atoms with E-state index in [0.717, 1.165) is 6.04 Å². The number of likely N-dealkylation sites (N-methyl/N-ethyl adjacent to an activating group) is 2. The molecule has 2 nitrogen and oxygen atoms in total. The summed E-state index contributed by atoms with van der Waals surface area (Å²) in [4.78, 5) is 0. The molecule has 0 radical (unpaired) electrons. The molecule has 0 aliphatic rings. The molecule has 0 rings (SSSR count). The predicted molar refractivity (Wildman–Crippen MR) is 78.1 cm³/mol. The van der Waals surface area contributed by atoms with Crippen LogP contribution in [0.1, 0.15) is 48.5 Å². The van der Waals surface area contributed by atoms with Crippen LogP contribution < -0.4 is 0 Å². The summed E-state index contributed by atoms with van der Waals surface area (Å²) in [6.45, 7) is 25.5. The van der Waals surface area contributed by atoms with Gasteiger partial charge < -0.3 is 8.97 Å². The first-order valence-electron chi connectivity index (χ1n) is 7.70. The van der Waals surface area contributed by atoms with E-state index < -0.39 is 0 Å². The SMILES string of the molecule is CC[N+](CC)(CC)CC(C)[N+](CC)(CC)CC. The maximum atomic E-state index is 2.46. The third-order valence-electron chi connectivity index (χ3n) is 5.49. The molecule has 0 saturated carbocycles. The molecule has 0 spiro atoms. The van der Waals surface area contributed by atoms with Crippen LogP contribution in [0, 0.1) is 0 Å². The quantitative estimate of drug-likeness (QED) is 0.547. The zero-order valence-electron chi connectivity index (χ0n) is 13.4. The largest absolute Gasteiger partial charge is 0.319 e. The molecule has 1 unspecified atom stereocenters. The Hall–Kier alpha value is -0.0800. The van der Waals surface area contributed by atoms with E-state index in [1.165, 1.54) is 54.8 Å². The number of quaternary nitrogens is 2. The highest BCUT2D eigenvalue weighted by Gasteiger charge is 2.35. The second-order valence-electron chi connectivity index (χ2n) is 5.49. The molecule has 0 heterocycles. The van der Waals surface area contributed by atoms with Gasteiger partial charge in [-0.1, -0.05) is 0 Å². The highest BCUT2D eigenvalue weighted by atomic mass is 15.4. The minimum Gasteiger partial charge on any atom is -0.319 e. The maximum absolute atomic E-state index is 2.46. The minimum atomic E-state index is 0.773. The highest BCUT2D eigenvalue weighted by molar-refractivity contribution is 4.54. The topological polar surface area (TPSA) is 0 Å². The molecular weight excluding hydrogens is 208 g/mol. The van der Waals surface area contributed by atoms with Gasteiger partial charge in [-0.25, -0.2) is 0 Å². The van der Waals surface area contributed by atoms with E-state index in [9.17, 15) is 0 Å². The van der Waals surface area contributed by atoms with Crippen LogP contribution in [0.4, 0.5) is 0 Å². The van der Waals surface area contributed by atoms with Gasteiger partial charge in [0.1, 0.15) is 12.6 Å². The van der Waals surface area contributed by atoms with Crippen molar-refractivity contribution in [1.29, 1.82) is 0 Å². The van der Waals surface area contributed by atoms with Crippen molar-refractivity contribution in [1.82, 2.24) is 0 Å². The van der Waals surface area contributed by atoms with Gasteiger partial charge in [-0.2, -0.15) is 0 Å². The van der Waals surface area contributed by atoms with Gasteiger partial charge in [0.15, 0.2) is 0 Å². The molecule has 104 valence electrons. The summed E-state index contributed by atoms with van der Waals surface area (Å²) in [6, 6.07) is 0.773. The predicted octanol–water partition coefficient (Wildman–Crippen LogP) is 3.13. The van der Waals surface area contributed by atoms with Crippen molar-refractivity contribution in [3.63, 3.8) is 0 Å². The second kappa shape index (κ2) is 7.38. The standard InChI is InChI=1S/C15H36N2/c1-8-16(9-2,10-3)14-15(7)17(11-4,12-5)13-6/h15H,8-14H2,1-7H3/q+2. The van der Waals surface area contributed by atoms with Gasteiger partial charge in [-0.05, 0) is 48.5 Å². The van der Waals surface area contributed by atoms with E-state index >= 15 is 0 Å². The Morgan fingerprint density at radius 1 is 0.647 bits per heavy atom. The lowest BCUT2D eigenvalue weighted by Crippen LogP contribution is -2.62. The number of hydrogen-bond acceptors (Lipinski definition) is 0. The molecule has 1 atom stereocenters. The minimum absolute atomic E-state index is 0.773. The van der Waals surface area contributed by atoms with Crippen LogP contribution in [-0.2, 0) is 0 Å². The summed E-state index contributed by atoms with van der Waals surface area (Å²) < 4.78 is 2.56. The summed E-state index contributed by atoms with van der Waals surface area (Å²) in [7, 11) is 0. The average Bonchev–Trinajstić information content (AvgIpc) is 2.39. The molecule has 0 aliphatic heterocycles. The van der Waals surface area contributed by atoms with E-state index in [-0.39, 0.29) is 0 Å². The summed E-state index contributed by atoms with van der Waals surface area (Å²) in [6.07, 6.45) is 0. The van der Waals surface area contributed by atoms with Crippen molar-refractivity contribution in [2.75, 3.05) is 45.8 Å². The van der Waals surface area contributed by atoms with Gasteiger partial charge in [-0.3, -0.25) is 0 Å². The summed E-state index contributed by atoms with van der Waals surface area (Å²) in [5.74, 6) is 0. The fourth-order valence-electron chi connectivity index (χ4n) is 3.40. The second-order valence-corrected chi connectivity index (χ2v) is 5.49. The Morgan fingerprint density at radius 3 is 1.24 bits per heavy atom. The van der Waals surface area contributed by atoms with Crippen LogP contribution >= 0.6 is 0 Å². The van der Waals surface area contributed by atoms with Gasteiger partial charge in [0.05, 0.1) is 39.3 Å². The monoisotopic (exact) mass is 244 g/mol. The van der Waals surface area contributed by atoms with E-state index in [4.69, 9.17) is 0 Å². The van der Waals surface area contributed by atoms with Gasteiger partial charge in [0.25, 0.3) is 0 Å². The van der Waals surface area contributed by atoms with Crippen molar-refractivity contribution in [3.05, 3.63) is 0 Å². The van der Waals surface area contributed by atoms with Crippen molar-refractivity contribution in [2.45, 2.75) is 54.5 Å². The molecule has 0 aliphatic carbocycles. The van der Waals surface area contributed by atoms with Gasteiger partial charge in [0.2, 0.25) is 0 Å². The Morgan fingerprint density at radius 2 is 1.00 bits per heavy atom. The van der Waals surface area contributed by atoms with Crippen LogP contribution in [0.5, 0.6) is 0 Å². The first-order valence-corrected chi connectivity index (χ1v) is 7.70. The Kier molecular flexibility index (Phi) is 7.34. The fourth-order valence-corrected chi connectivity index (χ4v) is 3.40. The Labute approximate surface area is 110 Å². The van der Waals surface area contributed by atoms with Crippen molar-refractivity contribution in [3.8, 4) is 0 Å². The molecule has 0 bridgehead atoms. The number of hydrogen-bond donors (Lipinski definition) is 0. The molecule has 0 aromatic heterocycles. The van der Waals surface area contributed by atoms with Crippen LogP contribution in [0.2, 0.25) is 0 Å². The lowest BCUT2D eigenvalue weighted by atomic mass is 10.1. The fraction of sp³-hybridized carbons (Fsp3) is 1.00. The third-order valence-corrected chi connectivity index (χ3v) is 5.49. The van der Waals surface area contributed by atoms with Crippen molar-refractivity contribution < 1.29 is 8.97 Å². The van der Waals surface area contributed by atoms with E-state index in [1.54, 1.807) is 0 Å². The first-order chi connectivity index (χ1) is 7.99. The van der Waals surface area contributed by atoms with E-state index in [1.807, 2.05) is 0 Å². The normalized spacial score (nSPS) is 15.0. The molecule has 0 saturated heterocycles. The van der Waals surface area contributed by atoms with Crippen LogP contribution in [-0.4, -0.2) is 60.8 Å². The van der Waals surface area contributed by atoms with Crippen LogP contribution in [0.15, 0.2) is 0 Å². The van der Waals surface area contributed by atoms with Crippen LogP contribution in [0.25, 0.3) is 0 Å². The molecule has 0 fully saturated rings. The molecule has 2 heteroatoms. The summed E-state index contributed by atoms with van der Waals surface area (Å²) in [5.41, 5.74) is 0. The number of nitrogens with zero attached hydrogens (tertiary/aromatic N) is 2.